The molecule has 0 aromatic rings. The summed E-state index contributed by atoms with van der Waals surface area (Å²) in [4.78, 5) is 13.0. The lowest BCUT2D eigenvalue weighted by molar-refractivity contribution is -0.185. The minimum absolute atomic E-state index is 0.0614. The summed E-state index contributed by atoms with van der Waals surface area (Å²) in [5, 5.41) is 2.48. The molecule has 0 saturated carbocycles. The van der Waals surface area contributed by atoms with Crippen molar-refractivity contribution in [2.24, 2.45) is 5.92 Å². The molecule has 0 spiro atoms. The van der Waals surface area contributed by atoms with Crippen molar-refractivity contribution >= 4 is 5.91 Å². The van der Waals surface area contributed by atoms with E-state index in [1.54, 1.807) is 4.90 Å². The Morgan fingerprint density at radius 3 is 2.47 bits per heavy atom. The van der Waals surface area contributed by atoms with E-state index in [1.165, 1.54) is 0 Å². The van der Waals surface area contributed by atoms with Crippen LogP contribution in [-0.4, -0.2) is 43.2 Å². The molecule has 96 valence electrons. The van der Waals surface area contributed by atoms with Crippen molar-refractivity contribution < 1.29 is 18.0 Å². The maximum absolute atomic E-state index is 12.4. The van der Waals surface area contributed by atoms with E-state index in [4.69, 9.17) is 6.42 Å². The van der Waals surface area contributed by atoms with E-state index in [0.29, 0.717) is 13.1 Å². The van der Waals surface area contributed by atoms with E-state index < -0.39 is 12.1 Å². The predicted molar refractivity (Wildman–Crippen MR) is 57.1 cm³/mol. The molecule has 1 aliphatic heterocycles. The number of amides is 1. The lowest BCUT2D eigenvalue weighted by Gasteiger charge is -2.32. The second-order valence-corrected chi connectivity index (χ2v) is 4.07. The number of nitrogens with one attached hydrogen (secondary N) is 1. The number of hydrogen-bond acceptors (Lipinski definition) is 2. The van der Waals surface area contributed by atoms with Gasteiger partial charge < -0.3 is 5.32 Å². The summed E-state index contributed by atoms with van der Waals surface area (Å²) in [5.74, 6) is 0.792. The third-order valence-corrected chi connectivity index (χ3v) is 2.81. The molecular weight excluding hydrogens is 233 g/mol. The van der Waals surface area contributed by atoms with Gasteiger partial charge in [0.15, 0.2) is 0 Å². The fraction of sp³-hybridized carbons (Fsp3) is 0.727. The zero-order chi connectivity index (χ0) is 12.9. The zero-order valence-electron chi connectivity index (χ0n) is 9.39. The van der Waals surface area contributed by atoms with Gasteiger partial charge >= 0.3 is 6.18 Å². The molecule has 1 heterocycles. The Kier molecular flexibility index (Phi) is 4.82. The Morgan fingerprint density at radius 1 is 1.41 bits per heavy atom. The van der Waals surface area contributed by atoms with Crippen LogP contribution in [-0.2, 0) is 4.79 Å². The largest absolute Gasteiger partial charge is 0.391 e. The molecule has 0 atom stereocenters. The van der Waals surface area contributed by atoms with E-state index in [0.717, 1.165) is 0 Å². The van der Waals surface area contributed by atoms with Crippen LogP contribution in [0.15, 0.2) is 0 Å². The maximum Gasteiger partial charge on any atom is 0.391 e. The quantitative estimate of drug-likeness (QED) is 0.756. The van der Waals surface area contributed by atoms with Gasteiger partial charge in [-0.25, -0.2) is 0 Å². The lowest BCUT2D eigenvalue weighted by atomic mass is 9.96. The first-order chi connectivity index (χ1) is 7.93. The fourth-order valence-electron chi connectivity index (χ4n) is 1.83. The second-order valence-electron chi connectivity index (χ2n) is 4.07. The van der Waals surface area contributed by atoms with Gasteiger partial charge in [-0.2, -0.15) is 13.2 Å². The third-order valence-electron chi connectivity index (χ3n) is 2.81. The average molecular weight is 248 g/mol. The smallest absolute Gasteiger partial charge is 0.344 e. The molecule has 0 unspecified atom stereocenters. The van der Waals surface area contributed by atoms with E-state index in [2.05, 4.69) is 11.2 Å². The third kappa shape index (κ3) is 4.65. The van der Waals surface area contributed by atoms with E-state index in [9.17, 15) is 18.0 Å². The van der Waals surface area contributed by atoms with Crippen molar-refractivity contribution in [3.63, 3.8) is 0 Å². The average Bonchev–Trinajstić information content (AvgIpc) is 2.26. The van der Waals surface area contributed by atoms with Crippen LogP contribution >= 0.6 is 0 Å². The molecule has 1 aliphatic rings. The summed E-state index contributed by atoms with van der Waals surface area (Å²) in [6, 6.07) is 0. The lowest BCUT2D eigenvalue weighted by Crippen LogP contribution is -2.43. The number of rotatable bonds is 3. The highest BCUT2D eigenvalue weighted by Gasteiger charge is 2.41. The molecule has 3 nitrogen and oxygen atoms in total. The molecule has 0 aliphatic carbocycles. The Hall–Kier alpha value is -1.22. The van der Waals surface area contributed by atoms with E-state index >= 15 is 0 Å². The summed E-state index contributed by atoms with van der Waals surface area (Å²) in [5.41, 5.74) is 0. The highest BCUT2D eigenvalue weighted by Crippen LogP contribution is 2.33. The molecule has 0 radical (unpaired) electrons. The number of alkyl halides is 3. The monoisotopic (exact) mass is 248 g/mol. The summed E-state index contributed by atoms with van der Waals surface area (Å²) < 4.78 is 37.1. The molecular formula is C11H15F3N2O. The first-order valence-electron chi connectivity index (χ1n) is 5.42. The molecule has 1 fully saturated rings. The summed E-state index contributed by atoms with van der Waals surface area (Å²) in [7, 11) is 0. The van der Waals surface area contributed by atoms with Gasteiger partial charge in [0.2, 0.25) is 5.91 Å². The molecule has 1 saturated heterocycles. The predicted octanol–water partition coefficient (Wildman–Crippen LogP) is 1.01. The zero-order valence-corrected chi connectivity index (χ0v) is 9.39. The molecule has 1 N–H and O–H groups in total. The number of carbonyl (C=O) groups is 1. The summed E-state index contributed by atoms with van der Waals surface area (Å²) >= 11 is 0. The maximum atomic E-state index is 12.4. The van der Waals surface area contributed by atoms with Crippen molar-refractivity contribution in [3.8, 4) is 12.3 Å². The first-order valence-corrected chi connectivity index (χ1v) is 5.42. The number of nitrogens with zero attached hydrogens (tertiary/aromatic N) is 1. The Balaban J connectivity index is 2.28. The molecule has 17 heavy (non-hydrogen) atoms. The normalized spacial score (nSPS) is 18.7. The summed E-state index contributed by atoms with van der Waals surface area (Å²) in [6.07, 6.45) is 0.982. The Bertz CT molecular complexity index is 301. The SMILES string of the molecule is C#CCNC(=O)CN1CCC(C(F)(F)F)CC1. The molecule has 0 aromatic heterocycles. The van der Waals surface area contributed by atoms with Gasteiger partial charge in [-0.05, 0) is 25.9 Å². The van der Waals surface area contributed by atoms with Crippen LogP contribution in [0, 0.1) is 18.3 Å². The van der Waals surface area contributed by atoms with Crippen molar-refractivity contribution in [2.75, 3.05) is 26.2 Å². The molecule has 1 amide bonds. The van der Waals surface area contributed by atoms with E-state index in [-0.39, 0.29) is 31.8 Å². The number of terminal acetylenes is 1. The Morgan fingerprint density at radius 2 is 2.00 bits per heavy atom. The van der Waals surface area contributed by atoms with Crippen molar-refractivity contribution in [2.45, 2.75) is 19.0 Å². The molecule has 0 aromatic carbocycles. The van der Waals surface area contributed by atoms with Crippen molar-refractivity contribution in [1.82, 2.24) is 10.2 Å². The van der Waals surface area contributed by atoms with E-state index in [1.807, 2.05) is 0 Å². The number of hydrogen-bond donors (Lipinski definition) is 1. The number of halogens is 3. The van der Waals surface area contributed by atoms with Crippen LogP contribution in [0.2, 0.25) is 0 Å². The van der Waals surface area contributed by atoms with Gasteiger partial charge in [-0.3, -0.25) is 9.69 Å². The van der Waals surface area contributed by atoms with Crippen LogP contribution in [0.3, 0.4) is 0 Å². The molecule has 0 bridgehead atoms. The minimum Gasteiger partial charge on any atom is -0.344 e. The van der Waals surface area contributed by atoms with Gasteiger partial charge in [-0.15, -0.1) is 6.42 Å². The van der Waals surface area contributed by atoms with Gasteiger partial charge in [-0.1, -0.05) is 5.92 Å². The van der Waals surface area contributed by atoms with Gasteiger partial charge in [0.1, 0.15) is 0 Å². The van der Waals surface area contributed by atoms with Gasteiger partial charge in [0, 0.05) is 0 Å². The number of likely N-dealkylation sites (tertiary alicyclic amines) is 1. The van der Waals surface area contributed by atoms with Gasteiger partial charge in [0.25, 0.3) is 0 Å². The highest BCUT2D eigenvalue weighted by atomic mass is 19.4. The topological polar surface area (TPSA) is 32.3 Å². The fourth-order valence-corrected chi connectivity index (χ4v) is 1.83. The van der Waals surface area contributed by atoms with Crippen LogP contribution in [0.25, 0.3) is 0 Å². The number of carbonyl (C=O) groups excluding carboxylic acids is 1. The second kappa shape index (κ2) is 5.92. The molecule has 6 heteroatoms. The standard InChI is InChI=1S/C11H15F3N2O/c1-2-5-15-10(17)8-16-6-3-9(4-7-16)11(12,13)14/h1,9H,3-8H2,(H,15,17). The van der Waals surface area contributed by atoms with Crippen LogP contribution in [0.5, 0.6) is 0 Å². The first kappa shape index (κ1) is 13.8. The van der Waals surface area contributed by atoms with Crippen molar-refractivity contribution in [3.05, 3.63) is 0 Å². The molecule has 1 rings (SSSR count). The van der Waals surface area contributed by atoms with Gasteiger partial charge in [0.05, 0.1) is 19.0 Å². The van der Waals surface area contributed by atoms with Crippen LogP contribution in [0.4, 0.5) is 13.2 Å². The van der Waals surface area contributed by atoms with Crippen LogP contribution < -0.4 is 5.32 Å². The Labute approximate surface area is 98.3 Å². The van der Waals surface area contributed by atoms with Crippen LogP contribution in [0.1, 0.15) is 12.8 Å². The minimum atomic E-state index is -4.11. The highest BCUT2D eigenvalue weighted by molar-refractivity contribution is 5.78. The van der Waals surface area contributed by atoms with Crippen molar-refractivity contribution in [1.29, 1.82) is 0 Å². The number of piperidine rings is 1. The summed E-state index contributed by atoms with van der Waals surface area (Å²) in [6.45, 7) is 0.866.